The third-order valence-corrected chi connectivity index (χ3v) is 5.06. The zero-order valence-corrected chi connectivity index (χ0v) is 17.6. The fraction of sp³-hybridized carbons (Fsp3) is 0.263. The topological polar surface area (TPSA) is 101 Å². The van der Waals surface area contributed by atoms with E-state index in [1.807, 2.05) is 0 Å². The van der Waals surface area contributed by atoms with Gasteiger partial charge in [0, 0.05) is 23.4 Å². The highest BCUT2D eigenvalue weighted by Gasteiger charge is 2.33. The summed E-state index contributed by atoms with van der Waals surface area (Å²) in [7, 11) is 0. The van der Waals surface area contributed by atoms with Crippen LogP contribution in [0.15, 0.2) is 42.5 Å². The number of rotatable bonds is 8. The van der Waals surface area contributed by atoms with Crippen molar-refractivity contribution < 1.29 is 27.7 Å². The summed E-state index contributed by atoms with van der Waals surface area (Å²) >= 11 is 6.98. The predicted molar refractivity (Wildman–Crippen MR) is 112 cm³/mol. The molecule has 0 aliphatic carbocycles. The third kappa shape index (κ3) is 6.86. The van der Waals surface area contributed by atoms with Crippen molar-refractivity contribution in [3.8, 4) is 0 Å². The van der Waals surface area contributed by atoms with Crippen LogP contribution in [0.4, 0.5) is 24.5 Å². The second-order valence-corrected chi connectivity index (χ2v) is 7.69. The van der Waals surface area contributed by atoms with Crippen LogP contribution < -0.4 is 10.6 Å². The number of alkyl halides is 3. The molecule has 0 bridgehead atoms. The molecule has 2 rings (SSSR count). The van der Waals surface area contributed by atoms with Crippen molar-refractivity contribution in [2.24, 2.45) is 0 Å². The smallest absolute Gasteiger partial charge is 0.340 e. The maximum Gasteiger partial charge on any atom is 0.417 e. The van der Waals surface area contributed by atoms with Gasteiger partial charge in [-0.1, -0.05) is 17.7 Å². The second-order valence-electron chi connectivity index (χ2n) is 6.30. The Morgan fingerprint density at radius 3 is 2.55 bits per heavy atom. The Labute approximate surface area is 184 Å². The van der Waals surface area contributed by atoms with Crippen LogP contribution in [-0.4, -0.2) is 34.8 Å². The number of nitro benzene ring substituents is 1. The highest BCUT2D eigenvalue weighted by molar-refractivity contribution is 7.98. The van der Waals surface area contributed by atoms with E-state index in [1.54, 1.807) is 6.26 Å². The lowest BCUT2D eigenvalue weighted by molar-refractivity contribution is -0.384. The molecule has 0 saturated carbocycles. The van der Waals surface area contributed by atoms with Gasteiger partial charge in [-0.3, -0.25) is 19.7 Å². The quantitative estimate of drug-likeness (QED) is 0.423. The zero-order valence-electron chi connectivity index (χ0n) is 16.0. The van der Waals surface area contributed by atoms with Crippen molar-refractivity contribution in [1.29, 1.82) is 0 Å². The number of thioether (sulfide) groups is 1. The Morgan fingerprint density at radius 1 is 1.23 bits per heavy atom. The molecule has 0 fully saturated rings. The van der Waals surface area contributed by atoms with Gasteiger partial charge >= 0.3 is 6.18 Å². The van der Waals surface area contributed by atoms with Crippen LogP contribution in [0, 0.1) is 10.1 Å². The van der Waals surface area contributed by atoms with Gasteiger partial charge in [0.15, 0.2) is 0 Å². The van der Waals surface area contributed by atoms with Crippen molar-refractivity contribution in [2.45, 2.75) is 18.6 Å². The molecule has 7 nitrogen and oxygen atoms in total. The van der Waals surface area contributed by atoms with E-state index < -0.39 is 39.5 Å². The highest BCUT2D eigenvalue weighted by atomic mass is 35.5. The minimum absolute atomic E-state index is 0.0259. The number of halogens is 4. The maximum atomic E-state index is 13.0. The average Bonchev–Trinajstić information content (AvgIpc) is 2.71. The summed E-state index contributed by atoms with van der Waals surface area (Å²) < 4.78 is 39.1. The van der Waals surface area contributed by atoms with Crippen molar-refractivity contribution in [2.75, 3.05) is 17.3 Å². The Kier molecular flexibility index (Phi) is 8.28. The number of carbonyl (C=O) groups is 2. The first-order chi connectivity index (χ1) is 14.5. The lowest BCUT2D eigenvalue weighted by Crippen LogP contribution is -2.44. The van der Waals surface area contributed by atoms with Crippen molar-refractivity contribution >= 4 is 46.6 Å². The van der Waals surface area contributed by atoms with E-state index in [9.17, 15) is 32.9 Å². The van der Waals surface area contributed by atoms with Gasteiger partial charge in [0.1, 0.15) is 6.04 Å². The molecule has 1 atom stereocenters. The molecule has 0 spiro atoms. The van der Waals surface area contributed by atoms with Gasteiger partial charge in [-0.05, 0) is 42.7 Å². The van der Waals surface area contributed by atoms with Gasteiger partial charge in [-0.25, -0.2) is 0 Å². The van der Waals surface area contributed by atoms with Crippen molar-refractivity contribution in [3.05, 3.63) is 68.7 Å². The predicted octanol–water partition coefficient (Wildman–Crippen LogP) is 4.76. The van der Waals surface area contributed by atoms with E-state index in [0.29, 0.717) is 11.8 Å². The van der Waals surface area contributed by atoms with Gasteiger partial charge in [0.25, 0.3) is 11.6 Å². The van der Waals surface area contributed by atoms with Gasteiger partial charge in [0.05, 0.1) is 15.5 Å². The lowest BCUT2D eigenvalue weighted by Gasteiger charge is -2.19. The molecule has 2 aromatic rings. The summed E-state index contributed by atoms with van der Waals surface area (Å²) in [5, 5.41) is 15.2. The van der Waals surface area contributed by atoms with E-state index in [1.165, 1.54) is 36.0 Å². The van der Waals surface area contributed by atoms with E-state index in [2.05, 4.69) is 10.6 Å². The molecule has 0 saturated heterocycles. The average molecular weight is 476 g/mol. The van der Waals surface area contributed by atoms with Crippen LogP contribution in [0.2, 0.25) is 5.02 Å². The lowest BCUT2D eigenvalue weighted by atomic mass is 10.1. The zero-order chi connectivity index (χ0) is 23.2. The molecule has 0 aliphatic rings. The Balaban J connectivity index is 2.20. The standard InChI is InChI=1S/C19H17ClF3N3O4S/c1-31-8-7-16(25-17(27)11-3-2-4-13(9-11)26(29)30)18(28)24-12-5-6-15(20)14(10-12)19(21,22)23/h2-6,9-10,16H,7-8H2,1H3,(H,24,28)(H,25,27). The summed E-state index contributed by atoms with van der Waals surface area (Å²) in [4.78, 5) is 35.4. The molecule has 0 aromatic heterocycles. The van der Waals surface area contributed by atoms with E-state index in [4.69, 9.17) is 11.6 Å². The number of carbonyl (C=O) groups excluding carboxylic acids is 2. The largest absolute Gasteiger partial charge is 0.417 e. The molecule has 0 aliphatic heterocycles. The number of benzene rings is 2. The first-order valence-electron chi connectivity index (χ1n) is 8.74. The first-order valence-corrected chi connectivity index (χ1v) is 10.5. The first kappa shape index (κ1) is 24.5. The van der Waals surface area contributed by atoms with Crippen molar-refractivity contribution in [1.82, 2.24) is 5.32 Å². The number of anilines is 1. The fourth-order valence-corrected chi connectivity index (χ4v) is 3.25. The summed E-state index contributed by atoms with van der Waals surface area (Å²) in [6.07, 6.45) is -2.73. The van der Waals surface area contributed by atoms with Crippen LogP contribution in [0.5, 0.6) is 0 Å². The molecule has 2 amide bonds. The minimum atomic E-state index is -4.70. The molecule has 0 radical (unpaired) electrons. The molecule has 1 unspecified atom stereocenters. The monoisotopic (exact) mass is 475 g/mol. The third-order valence-electron chi connectivity index (χ3n) is 4.09. The Hall–Kier alpha value is -2.79. The fourth-order valence-electron chi connectivity index (χ4n) is 2.56. The number of hydrogen-bond acceptors (Lipinski definition) is 5. The number of nitro groups is 1. The van der Waals surface area contributed by atoms with Gasteiger partial charge in [-0.15, -0.1) is 0 Å². The Bertz CT molecular complexity index is 988. The number of hydrogen-bond donors (Lipinski definition) is 2. The van der Waals surface area contributed by atoms with E-state index in [0.717, 1.165) is 12.1 Å². The van der Waals surface area contributed by atoms with Crippen molar-refractivity contribution in [3.63, 3.8) is 0 Å². The second kappa shape index (κ2) is 10.5. The summed E-state index contributed by atoms with van der Waals surface area (Å²) in [6, 6.07) is 6.80. The Morgan fingerprint density at radius 2 is 1.94 bits per heavy atom. The van der Waals surface area contributed by atoms with Crippen LogP contribution in [0.25, 0.3) is 0 Å². The molecule has 12 heteroatoms. The van der Waals surface area contributed by atoms with Crippen LogP contribution in [-0.2, 0) is 11.0 Å². The minimum Gasteiger partial charge on any atom is -0.340 e. The number of nitrogens with one attached hydrogen (secondary N) is 2. The van der Waals surface area contributed by atoms with Crippen LogP contribution in [0.1, 0.15) is 22.3 Å². The van der Waals surface area contributed by atoms with Crippen LogP contribution >= 0.6 is 23.4 Å². The van der Waals surface area contributed by atoms with Gasteiger partial charge in [-0.2, -0.15) is 24.9 Å². The summed E-state index contributed by atoms with van der Waals surface area (Å²) in [5.41, 5.74) is -1.56. The van der Waals surface area contributed by atoms with Gasteiger partial charge in [0.2, 0.25) is 5.91 Å². The summed E-state index contributed by atoms with van der Waals surface area (Å²) in [6.45, 7) is 0. The molecular weight excluding hydrogens is 459 g/mol. The SMILES string of the molecule is CSCCC(NC(=O)c1cccc([N+](=O)[O-])c1)C(=O)Nc1ccc(Cl)c(C(F)(F)F)c1. The molecular formula is C19H17ClF3N3O4S. The number of non-ortho nitro benzene ring substituents is 1. The molecule has 2 N–H and O–H groups in total. The molecule has 0 heterocycles. The normalized spacial score (nSPS) is 12.2. The maximum absolute atomic E-state index is 13.0. The molecule has 2 aromatic carbocycles. The number of nitrogens with zero attached hydrogens (tertiary/aromatic N) is 1. The molecule has 166 valence electrons. The highest BCUT2D eigenvalue weighted by Crippen LogP contribution is 2.36. The van der Waals surface area contributed by atoms with Gasteiger partial charge < -0.3 is 10.6 Å². The number of amides is 2. The van der Waals surface area contributed by atoms with Crippen LogP contribution in [0.3, 0.4) is 0 Å². The molecule has 31 heavy (non-hydrogen) atoms. The van der Waals surface area contributed by atoms with E-state index >= 15 is 0 Å². The summed E-state index contributed by atoms with van der Waals surface area (Å²) in [5.74, 6) is -0.984. The van der Waals surface area contributed by atoms with E-state index in [-0.39, 0.29) is 23.4 Å².